The van der Waals surface area contributed by atoms with Crippen LogP contribution in [0.5, 0.6) is 5.75 Å². The zero-order chi connectivity index (χ0) is 29.3. The number of hydrogen-bond acceptors (Lipinski definition) is 7. The molecule has 1 fully saturated rings. The van der Waals surface area contributed by atoms with Crippen LogP contribution in [0, 0.1) is 17.2 Å². The second-order valence-corrected chi connectivity index (χ2v) is 10.3. The summed E-state index contributed by atoms with van der Waals surface area (Å²) in [6.45, 7) is 3.71. The molecule has 0 radical (unpaired) electrons. The van der Waals surface area contributed by atoms with Crippen molar-refractivity contribution in [3.8, 4) is 11.8 Å². The molecule has 212 valence electrons. The number of para-hydroxylation sites is 1. The number of anilines is 1. The number of nitriles is 1. The van der Waals surface area contributed by atoms with Gasteiger partial charge in [0.25, 0.3) is 5.91 Å². The molecule has 4 aromatic rings. The molecule has 0 unspecified atom stereocenters. The number of aromatic nitrogens is 4. The number of fused-ring (bicyclic) bond motifs is 1. The molecule has 1 aliphatic rings. The first kappa shape index (κ1) is 27.9. The highest BCUT2D eigenvalue weighted by molar-refractivity contribution is 5.96. The summed E-state index contributed by atoms with van der Waals surface area (Å²) >= 11 is 0. The molecule has 0 aliphatic heterocycles. The second-order valence-electron chi connectivity index (χ2n) is 10.3. The standard InChI is InChI=1S/C29H28F3N7O2/c1-16(19-6-5-7-19)34-25-24-26(37-23(14-33)36-25)38-27(28(41)35-17(2)21-8-3-4-9-22(21)40)39(24)15-18-10-12-20(13-11-18)29(30,31)32/h3-4,8-13,16-17,19,40H,5-7,15H2,1-2H3,(H,35,41)(H,34,36,37)/t16-,17-/m1/s1. The van der Waals surface area contributed by atoms with Crippen molar-refractivity contribution < 1.29 is 23.1 Å². The number of rotatable bonds is 8. The number of nitrogens with one attached hydrogen (secondary N) is 2. The number of carbonyl (C=O) groups excluding carboxylic acids is 1. The third-order valence-electron chi connectivity index (χ3n) is 7.50. The Morgan fingerprint density at radius 3 is 2.44 bits per heavy atom. The van der Waals surface area contributed by atoms with Crippen molar-refractivity contribution in [2.24, 2.45) is 5.92 Å². The molecule has 1 amide bonds. The van der Waals surface area contributed by atoms with E-state index in [2.05, 4.69) is 25.6 Å². The number of alkyl halides is 3. The second kappa shape index (κ2) is 11.1. The lowest BCUT2D eigenvalue weighted by Crippen LogP contribution is -2.31. The summed E-state index contributed by atoms with van der Waals surface area (Å²) < 4.78 is 41.1. The van der Waals surface area contributed by atoms with E-state index in [9.17, 15) is 28.3 Å². The SMILES string of the molecule is C[C@@H](NC(=O)c1nc2nc(C#N)nc(N[C@H](C)C3CCC3)c2n1Cc1ccc(C(F)(F)F)cc1)c1ccccc1O. The fraction of sp³-hybridized carbons (Fsp3) is 0.345. The van der Waals surface area contributed by atoms with Gasteiger partial charge in [-0.1, -0.05) is 36.8 Å². The average Bonchev–Trinajstić information content (AvgIpc) is 3.26. The molecule has 5 rings (SSSR count). The number of phenols is 1. The van der Waals surface area contributed by atoms with Gasteiger partial charge in [-0.2, -0.15) is 28.4 Å². The first-order chi connectivity index (χ1) is 19.5. The molecule has 1 aliphatic carbocycles. The Labute approximate surface area is 234 Å². The third kappa shape index (κ3) is 5.79. The zero-order valence-corrected chi connectivity index (χ0v) is 22.4. The van der Waals surface area contributed by atoms with Crippen LogP contribution in [0.2, 0.25) is 0 Å². The number of hydrogen-bond donors (Lipinski definition) is 3. The molecule has 3 N–H and O–H groups in total. The van der Waals surface area contributed by atoms with E-state index >= 15 is 0 Å². The van der Waals surface area contributed by atoms with Gasteiger partial charge in [0.05, 0.1) is 18.2 Å². The normalized spacial score (nSPS) is 15.1. The Morgan fingerprint density at radius 2 is 1.83 bits per heavy atom. The number of phenolic OH excluding ortho intramolecular Hbond substituents is 1. The number of aromatic hydroxyl groups is 1. The maximum atomic E-state index is 13.6. The van der Waals surface area contributed by atoms with Gasteiger partial charge in [-0.05, 0) is 56.4 Å². The van der Waals surface area contributed by atoms with Crippen molar-refractivity contribution in [3.63, 3.8) is 0 Å². The number of nitrogens with zero attached hydrogens (tertiary/aromatic N) is 5. The van der Waals surface area contributed by atoms with E-state index in [1.807, 2.05) is 13.0 Å². The number of benzene rings is 2. The molecule has 0 spiro atoms. The lowest BCUT2D eigenvalue weighted by molar-refractivity contribution is -0.137. The Kier molecular flexibility index (Phi) is 7.53. The summed E-state index contributed by atoms with van der Waals surface area (Å²) in [5, 5.41) is 26.0. The Morgan fingerprint density at radius 1 is 1.12 bits per heavy atom. The van der Waals surface area contributed by atoms with E-state index in [1.54, 1.807) is 29.7 Å². The Hall–Kier alpha value is -4.66. The molecular weight excluding hydrogens is 535 g/mol. The highest BCUT2D eigenvalue weighted by atomic mass is 19.4. The van der Waals surface area contributed by atoms with E-state index in [-0.39, 0.29) is 35.6 Å². The topological polar surface area (TPSA) is 129 Å². The van der Waals surface area contributed by atoms with Crippen LogP contribution in [0.1, 0.15) is 72.3 Å². The van der Waals surface area contributed by atoms with E-state index in [0.717, 1.165) is 31.4 Å². The molecule has 9 nitrogen and oxygen atoms in total. The number of amides is 1. The molecule has 41 heavy (non-hydrogen) atoms. The average molecular weight is 564 g/mol. The fourth-order valence-corrected chi connectivity index (χ4v) is 4.96. The third-order valence-corrected chi connectivity index (χ3v) is 7.50. The quantitative estimate of drug-likeness (QED) is 0.256. The largest absolute Gasteiger partial charge is 0.508 e. The van der Waals surface area contributed by atoms with Crippen LogP contribution >= 0.6 is 0 Å². The smallest absolute Gasteiger partial charge is 0.416 e. The van der Waals surface area contributed by atoms with E-state index in [1.165, 1.54) is 18.2 Å². The van der Waals surface area contributed by atoms with Gasteiger partial charge in [-0.3, -0.25) is 4.79 Å². The van der Waals surface area contributed by atoms with Crippen molar-refractivity contribution in [3.05, 3.63) is 76.9 Å². The summed E-state index contributed by atoms with van der Waals surface area (Å²) in [4.78, 5) is 26.7. The molecule has 2 aromatic carbocycles. The zero-order valence-electron chi connectivity index (χ0n) is 22.4. The van der Waals surface area contributed by atoms with Crippen molar-refractivity contribution in [1.82, 2.24) is 24.8 Å². The van der Waals surface area contributed by atoms with E-state index in [0.29, 0.717) is 28.4 Å². The van der Waals surface area contributed by atoms with Gasteiger partial charge < -0.3 is 20.3 Å². The Bertz CT molecular complexity index is 1620. The fourth-order valence-electron chi connectivity index (χ4n) is 4.96. The molecular formula is C29H28F3N7O2. The minimum Gasteiger partial charge on any atom is -0.508 e. The van der Waals surface area contributed by atoms with Gasteiger partial charge in [0, 0.05) is 11.6 Å². The van der Waals surface area contributed by atoms with Crippen molar-refractivity contribution in [2.45, 2.75) is 57.9 Å². The number of carbonyl (C=O) groups is 1. The highest BCUT2D eigenvalue weighted by Crippen LogP contribution is 2.33. The molecule has 2 heterocycles. The summed E-state index contributed by atoms with van der Waals surface area (Å²) in [6.07, 6.45) is -1.25. The van der Waals surface area contributed by atoms with Gasteiger partial charge in [-0.15, -0.1) is 0 Å². The van der Waals surface area contributed by atoms with Crippen LogP contribution in [0.15, 0.2) is 48.5 Å². The maximum absolute atomic E-state index is 13.6. The highest BCUT2D eigenvalue weighted by Gasteiger charge is 2.31. The van der Waals surface area contributed by atoms with Crippen molar-refractivity contribution in [2.75, 3.05) is 5.32 Å². The van der Waals surface area contributed by atoms with Gasteiger partial charge >= 0.3 is 6.18 Å². The summed E-state index contributed by atoms with van der Waals surface area (Å²) in [6, 6.07) is 12.6. The number of halogens is 3. The van der Waals surface area contributed by atoms with Crippen LogP contribution in [-0.4, -0.2) is 36.6 Å². The number of imidazole rings is 1. The summed E-state index contributed by atoms with van der Waals surface area (Å²) in [5.41, 5.74) is 0.657. The monoisotopic (exact) mass is 563 g/mol. The van der Waals surface area contributed by atoms with Gasteiger partial charge in [0.1, 0.15) is 17.3 Å². The maximum Gasteiger partial charge on any atom is 0.416 e. The molecule has 1 saturated carbocycles. The Balaban J connectivity index is 1.59. The molecule has 2 atom stereocenters. The molecule has 12 heteroatoms. The van der Waals surface area contributed by atoms with Crippen LogP contribution in [0.25, 0.3) is 11.2 Å². The van der Waals surface area contributed by atoms with E-state index in [4.69, 9.17) is 0 Å². The minimum absolute atomic E-state index is 0.00981. The van der Waals surface area contributed by atoms with E-state index < -0.39 is 23.7 Å². The molecule has 0 bridgehead atoms. The van der Waals surface area contributed by atoms with Gasteiger partial charge in [-0.25, -0.2) is 4.98 Å². The summed E-state index contributed by atoms with van der Waals surface area (Å²) in [5.74, 6) is -0.0423. The van der Waals surface area contributed by atoms with Crippen LogP contribution < -0.4 is 10.6 Å². The predicted molar refractivity (Wildman–Crippen MR) is 145 cm³/mol. The van der Waals surface area contributed by atoms with Gasteiger partial charge in [0.15, 0.2) is 11.5 Å². The van der Waals surface area contributed by atoms with Crippen LogP contribution in [0.3, 0.4) is 0 Å². The summed E-state index contributed by atoms with van der Waals surface area (Å²) in [7, 11) is 0. The lowest BCUT2D eigenvalue weighted by atomic mass is 9.80. The van der Waals surface area contributed by atoms with Crippen LogP contribution in [-0.2, 0) is 12.7 Å². The lowest BCUT2D eigenvalue weighted by Gasteiger charge is -2.32. The van der Waals surface area contributed by atoms with Crippen LogP contribution in [0.4, 0.5) is 19.0 Å². The predicted octanol–water partition coefficient (Wildman–Crippen LogP) is 5.56. The first-order valence-corrected chi connectivity index (χ1v) is 13.2. The van der Waals surface area contributed by atoms with Crippen molar-refractivity contribution >= 4 is 22.9 Å². The molecule has 0 saturated heterocycles. The minimum atomic E-state index is -4.49. The first-order valence-electron chi connectivity index (χ1n) is 13.2. The van der Waals surface area contributed by atoms with Crippen molar-refractivity contribution in [1.29, 1.82) is 5.26 Å². The molecule has 2 aromatic heterocycles. The van der Waals surface area contributed by atoms with Gasteiger partial charge in [0.2, 0.25) is 11.6 Å².